The molecule has 1 aromatic carbocycles. The molecule has 0 spiro atoms. The summed E-state index contributed by atoms with van der Waals surface area (Å²) in [5, 5.41) is 11.4. The number of hydrogen-bond acceptors (Lipinski definition) is 5. The predicted octanol–water partition coefficient (Wildman–Crippen LogP) is 0.964. The highest BCUT2D eigenvalue weighted by Crippen LogP contribution is 2.13. The number of urea groups is 1. The third-order valence-corrected chi connectivity index (χ3v) is 3.13. The number of ether oxygens (including phenoxy) is 2. The normalized spacial score (nSPS) is 17.7. The molecular weight excluding hydrogens is 274 g/mol. The van der Waals surface area contributed by atoms with E-state index in [-0.39, 0.29) is 6.61 Å². The van der Waals surface area contributed by atoms with Crippen LogP contribution in [0, 0.1) is 11.3 Å². The SMILES string of the molecule is COC(=O)C1COCCN1C(=O)Nc1ccc(C#N)cc1. The number of rotatable bonds is 2. The number of nitrogens with zero attached hydrogens (tertiary/aromatic N) is 2. The van der Waals surface area contributed by atoms with Crippen molar-refractivity contribution in [2.45, 2.75) is 6.04 Å². The van der Waals surface area contributed by atoms with Gasteiger partial charge in [0.15, 0.2) is 6.04 Å². The zero-order chi connectivity index (χ0) is 15.2. The lowest BCUT2D eigenvalue weighted by Crippen LogP contribution is -2.54. The highest BCUT2D eigenvalue weighted by atomic mass is 16.5. The van der Waals surface area contributed by atoms with E-state index in [1.807, 2.05) is 6.07 Å². The van der Waals surface area contributed by atoms with Crippen LogP contribution in [0.2, 0.25) is 0 Å². The summed E-state index contributed by atoms with van der Waals surface area (Å²) in [6.45, 7) is 0.795. The van der Waals surface area contributed by atoms with Crippen molar-refractivity contribution in [1.82, 2.24) is 4.90 Å². The molecule has 1 atom stereocenters. The lowest BCUT2D eigenvalue weighted by Gasteiger charge is -2.33. The van der Waals surface area contributed by atoms with Gasteiger partial charge in [-0.25, -0.2) is 9.59 Å². The van der Waals surface area contributed by atoms with Crippen LogP contribution in [0.3, 0.4) is 0 Å². The van der Waals surface area contributed by atoms with Crippen LogP contribution in [-0.4, -0.2) is 49.8 Å². The molecule has 0 aliphatic carbocycles. The molecule has 2 rings (SSSR count). The molecule has 21 heavy (non-hydrogen) atoms. The Hall–Kier alpha value is -2.59. The van der Waals surface area contributed by atoms with E-state index in [1.165, 1.54) is 12.0 Å². The van der Waals surface area contributed by atoms with Crippen molar-refractivity contribution in [3.8, 4) is 6.07 Å². The van der Waals surface area contributed by atoms with E-state index in [9.17, 15) is 9.59 Å². The number of benzene rings is 1. The summed E-state index contributed by atoms with van der Waals surface area (Å²) in [5.41, 5.74) is 1.06. The number of carbonyl (C=O) groups is 2. The van der Waals surface area contributed by atoms with Gasteiger partial charge in [-0.1, -0.05) is 0 Å². The van der Waals surface area contributed by atoms with Gasteiger partial charge in [-0.3, -0.25) is 0 Å². The Bertz CT molecular complexity index is 565. The van der Waals surface area contributed by atoms with E-state index in [0.717, 1.165) is 0 Å². The van der Waals surface area contributed by atoms with Crippen molar-refractivity contribution >= 4 is 17.7 Å². The van der Waals surface area contributed by atoms with E-state index >= 15 is 0 Å². The Balaban J connectivity index is 2.06. The van der Waals surface area contributed by atoms with Crippen LogP contribution in [0.5, 0.6) is 0 Å². The topological polar surface area (TPSA) is 91.7 Å². The average molecular weight is 289 g/mol. The molecule has 1 fully saturated rings. The standard InChI is InChI=1S/C14H15N3O4/c1-20-13(18)12-9-21-7-6-17(12)14(19)16-11-4-2-10(8-15)3-5-11/h2-5,12H,6-7,9H2,1H3,(H,16,19). The van der Waals surface area contributed by atoms with Gasteiger partial charge in [0.05, 0.1) is 32.0 Å². The van der Waals surface area contributed by atoms with Gasteiger partial charge >= 0.3 is 12.0 Å². The molecule has 1 aliphatic rings. The Morgan fingerprint density at radius 2 is 2.14 bits per heavy atom. The molecule has 0 bridgehead atoms. The second-order valence-electron chi connectivity index (χ2n) is 4.43. The van der Waals surface area contributed by atoms with Crippen LogP contribution in [0.1, 0.15) is 5.56 Å². The first kappa shape index (κ1) is 14.8. The summed E-state index contributed by atoms with van der Waals surface area (Å²) in [4.78, 5) is 25.3. The third kappa shape index (κ3) is 3.49. The molecule has 1 saturated heterocycles. The number of anilines is 1. The van der Waals surface area contributed by atoms with Gasteiger partial charge in [0, 0.05) is 12.2 Å². The predicted molar refractivity (Wildman–Crippen MR) is 73.5 cm³/mol. The maximum atomic E-state index is 12.2. The van der Waals surface area contributed by atoms with Gasteiger partial charge in [-0.15, -0.1) is 0 Å². The molecule has 0 aromatic heterocycles. The number of amides is 2. The fourth-order valence-electron chi connectivity index (χ4n) is 2.00. The van der Waals surface area contributed by atoms with Crippen LogP contribution in [0.4, 0.5) is 10.5 Å². The highest BCUT2D eigenvalue weighted by molar-refractivity contribution is 5.92. The van der Waals surface area contributed by atoms with E-state index in [2.05, 4.69) is 10.1 Å². The first-order valence-electron chi connectivity index (χ1n) is 6.39. The Kier molecular flexibility index (Phi) is 4.74. The van der Waals surface area contributed by atoms with Crippen molar-refractivity contribution in [2.24, 2.45) is 0 Å². The lowest BCUT2D eigenvalue weighted by atomic mass is 10.2. The summed E-state index contributed by atoms with van der Waals surface area (Å²) in [6.07, 6.45) is 0. The Labute approximate surface area is 122 Å². The van der Waals surface area contributed by atoms with Crippen molar-refractivity contribution < 1.29 is 19.1 Å². The Morgan fingerprint density at radius 3 is 2.76 bits per heavy atom. The fourth-order valence-corrected chi connectivity index (χ4v) is 2.00. The molecular formula is C14H15N3O4. The molecule has 7 heteroatoms. The number of nitriles is 1. The molecule has 1 N–H and O–H groups in total. The largest absolute Gasteiger partial charge is 0.467 e. The molecule has 0 saturated carbocycles. The van der Waals surface area contributed by atoms with Crippen LogP contribution < -0.4 is 5.32 Å². The second kappa shape index (κ2) is 6.72. The first-order valence-corrected chi connectivity index (χ1v) is 6.39. The number of nitrogens with one attached hydrogen (secondary N) is 1. The molecule has 1 aromatic rings. The van der Waals surface area contributed by atoms with Crippen LogP contribution >= 0.6 is 0 Å². The number of esters is 1. The smallest absolute Gasteiger partial charge is 0.331 e. The number of morpholine rings is 1. The highest BCUT2D eigenvalue weighted by Gasteiger charge is 2.33. The Morgan fingerprint density at radius 1 is 1.43 bits per heavy atom. The zero-order valence-electron chi connectivity index (χ0n) is 11.5. The third-order valence-electron chi connectivity index (χ3n) is 3.13. The number of hydrogen-bond donors (Lipinski definition) is 1. The summed E-state index contributed by atoms with van der Waals surface area (Å²) >= 11 is 0. The molecule has 1 aliphatic heterocycles. The fraction of sp³-hybridized carbons (Fsp3) is 0.357. The molecule has 7 nitrogen and oxygen atoms in total. The molecule has 2 amide bonds. The summed E-state index contributed by atoms with van der Waals surface area (Å²) in [5.74, 6) is -0.510. The van der Waals surface area contributed by atoms with Gasteiger partial charge in [-0.2, -0.15) is 5.26 Å². The maximum absolute atomic E-state index is 12.2. The monoisotopic (exact) mass is 289 g/mol. The quantitative estimate of drug-likeness (QED) is 0.819. The van der Waals surface area contributed by atoms with E-state index < -0.39 is 18.0 Å². The first-order chi connectivity index (χ1) is 10.2. The number of methoxy groups -OCH3 is 1. The zero-order valence-corrected chi connectivity index (χ0v) is 11.5. The van der Waals surface area contributed by atoms with Crippen molar-refractivity contribution in [2.75, 3.05) is 32.2 Å². The van der Waals surface area contributed by atoms with E-state index in [4.69, 9.17) is 10.00 Å². The number of carbonyl (C=O) groups excluding carboxylic acids is 2. The summed E-state index contributed by atoms with van der Waals surface area (Å²) < 4.78 is 9.88. The van der Waals surface area contributed by atoms with Gasteiger partial charge < -0.3 is 19.7 Å². The van der Waals surface area contributed by atoms with Gasteiger partial charge in [0.2, 0.25) is 0 Å². The van der Waals surface area contributed by atoms with Crippen LogP contribution in [0.25, 0.3) is 0 Å². The van der Waals surface area contributed by atoms with Gasteiger partial charge in [0.25, 0.3) is 0 Å². The molecule has 0 radical (unpaired) electrons. The van der Waals surface area contributed by atoms with E-state index in [0.29, 0.717) is 24.4 Å². The lowest BCUT2D eigenvalue weighted by molar-refractivity contribution is -0.150. The van der Waals surface area contributed by atoms with Gasteiger partial charge in [-0.05, 0) is 24.3 Å². The molecule has 1 heterocycles. The van der Waals surface area contributed by atoms with Crippen molar-refractivity contribution in [1.29, 1.82) is 5.26 Å². The second-order valence-corrected chi connectivity index (χ2v) is 4.43. The minimum absolute atomic E-state index is 0.119. The molecule has 110 valence electrons. The summed E-state index contributed by atoms with van der Waals surface area (Å²) in [7, 11) is 1.27. The van der Waals surface area contributed by atoms with Gasteiger partial charge in [0.1, 0.15) is 0 Å². The summed E-state index contributed by atoms with van der Waals surface area (Å²) in [6, 6.07) is 7.31. The van der Waals surface area contributed by atoms with Crippen LogP contribution in [-0.2, 0) is 14.3 Å². The molecule has 1 unspecified atom stereocenters. The van der Waals surface area contributed by atoms with E-state index in [1.54, 1.807) is 24.3 Å². The average Bonchev–Trinajstić information content (AvgIpc) is 2.54. The van der Waals surface area contributed by atoms with Crippen LogP contribution in [0.15, 0.2) is 24.3 Å². The van der Waals surface area contributed by atoms with Crippen molar-refractivity contribution in [3.63, 3.8) is 0 Å². The minimum atomic E-state index is -0.748. The van der Waals surface area contributed by atoms with Crippen molar-refractivity contribution in [3.05, 3.63) is 29.8 Å². The minimum Gasteiger partial charge on any atom is -0.467 e. The maximum Gasteiger partial charge on any atom is 0.331 e.